The van der Waals surface area contributed by atoms with Crippen LogP contribution in [0.3, 0.4) is 0 Å². The van der Waals surface area contributed by atoms with Crippen molar-refractivity contribution in [2.24, 2.45) is 5.92 Å². The van der Waals surface area contributed by atoms with Crippen molar-refractivity contribution in [3.8, 4) is 0 Å². The molecule has 0 bridgehead atoms. The van der Waals surface area contributed by atoms with Crippen LogP contribution < -0.4 is 5.32 Å². The molecule has 2 N–H and O–H groups in total. The zero-order chi connectivity index (χ0) is 8.43. The minimum atomic E-state index is -0.791. The molecule has 0 saturated heterocycles. The van der Waals surface area contributed by atoms with Crippen LogP contribution in [0.25, 0.3) is 0 Å². The van der Waals surface area contributed by atoms with Crippen molar-refractivity contribution in [1.29, 1.82) is 0 Å². The van der Waals surface area contributed by atoms with E-state index in [9.17, 15) is 4.79 Å². The molecule has 62 valence electrons. The van der Waals surface area contributed by atoms with Gasteiger partial charge in [-0.25, -0.2) is 0 Å². The van der Waals surface area contributed by atoms with E-state index >= 15 is 0 Å². The quantitative estimate of drug-likeness (QED) is 0.575. The number of nitrogens with one attached hydrogen (secondary N) is 1. The summed E-state index contributed by atoms with van der Waals surface area (Å²) in [6.07, 6.45) is 1.80. The summed E-state index contributed by atoms with van der Waals surface area (Å²) in [5.74, 6) is -0.340. The van der Waals surface area contributed by atoms with Crippen LogP contribution in [0.15, 0.2) is 11.6 Å². The third kappa shape index (κ3) is 1.80. The molecule has 3 nitrogen and oxygen atoms in total. The highest BCUT2D eigenvalue weighted by atomic mass is 16.4. The van der Waals surface area contributed by atoms with Crippen molar-refractivity contribution in [2.75, 3.05) is 6.54 Å². The molecule has 1 aliphatic heterocycles. The molecule has 0 radical (unpaired) electrons. The van der Waals surface area contributed by atoms with Crippen molar-refractivity contribution >= 4 is 5.97 Å². The maximum Gasteiger partial charge on any atom is 0.324 e. The molecule has 0 aromatic heterocycles. The lowest BCUT2D eigenvalue weighted by Gasteiger charge is -2.02. The van der Waals surface area contributed by atoms with Gasteiger partial charge in [0.05, 0.1) is 0 Å². The molecular weight excluding hydrogens is 142 g/mol. The molecule has 0 aliphatic carbocycles. The van der Waals surface area contributed by atoms with Crippen LogP contribution >= 0.6 is 0 Å². The summed E-state index contributed by atoms with van der Waals surface area (Å²) in [6, 6.07) is -0.465. The molecule has 0 amide bonds. The van der Waals surface area contributed by atoms with Crippen molar-refractivity contribution in [3.63, 3.8) is 0 Å². The second-order valence-corrected chi connectivity index (χ2v) is 3.09. The summed E-state index contributed by atoms with van der Waals surface area (Å²) >= 11 is 0. The first-order chi connectivity index (χ1) is 5.11. The van der Waals surface area contributed by atoms with Crippen molar-refractivity contribution in [3.05, 3.63) is 11.6 Å². The average Bonchev–Trinajstić information content (AvgIpc) is 2.33. The van der Waals surface area contributed by atoms with E-state index < -0.39 is 12.0 Å². The van der Waals surface area contributed by atoms with E-state index in [1.54, 1.807) is 6.08 Å². The fourth-order valence-corrected chi connectivity index (χ4v) is 1.11. The van der Waals surface area contributed by atoms with Gasteiger partial charge >= 0.3 is 5.97 Å². The van der Waals surface area contributed by atoms with Gasteiger partial charge in [-0.1, -0.05) is 25.5 Å². The number of hydrogen-bond acceptors (Lipinski definition) is 2. The van der Waals surface area contributed by atoms with Crippen LogP contribution in [0.4, 0.5) is 0 Å². The summed E-state index contributed by atoms with van der Waals surface area (Å²) in [4.78, 5) is 10.5. The Kier molecular flexibility index (Phi) is 2.29. The Labute approximate surface area is 66.1 Å². The Balaban J connectivity index is 2.61. The van der Waals surface area contributed by atoms with Gasteiger partial charge in [0.25, 0.3) is 0 Å². The van der Waals surface area contributed by atoms with Gasteiger partial charge in [0.15, 0.2) is 0 Å². The Morgan fingerprint density at radius 3 is 2.73 bits per heavy atom. The first kappa shape index (κ1) is 8.27. The Hall–Kier alpha value is -0.830. The molecule has 11 heavy (non-hydrogen) atoms. The highest BCUT2D eigenvalue weighted by Gasteiger charge is 2.21. The molecule has 0 saturated carbocycles. The summed E-state index contributed by atoms with van der Waals surface area (Å²) in [5, 5.41) is 11.5. The first-order valence-electron chi connectivity index (χ1n) is 3.78. The third-order valence-corrected chi connectivity index (χ3v) is 1.91. The molecule has 1 rings (SSSR count). The third-order valence-electron chi connectivity index (χ3n) is 1.91. The van der Waals surface area contributed by atoms with Crippen molar-refractivity contribution in [2.45, 2.75) is 19.9 Å². The molecule has 0 fully saturated rings. The van der Waals surface area contributed by atoms with E-state index in [1.807, 2.05) is 0 Å². The standard InChI is InChI=1S/C8H13NO2/c1-5(2)6-3-7(8(10)11)9-4-6/h3,5,7,9H,4H2,1-2H3,(H,10,11). The van der Waals surface area contributed by atoms with Gasteiger partial charge in [0.1, 0.15) is 6.04 Å². The maximum absolute atomic E-state index is 10.5. The second-order valence-electron chi connectivity index (χ2n) is 3.09. The fraction of sp³-hybridized carbons (Fsp3) is 0.625. The van der Waals surface area contributed by atoms with E-state index in [0.717, 1.165) is 0 Å². The summed E-state index contributed by atoms with van der Waals surface area (Å²) in [7, 11) is 0. The lowest BCUT2D eigenvalue weighted by molar-refractivity contribution is -0.137. The molecule has 3 heteroatoms. The van der Waals surface area contributed by atoms with Crippen LogP contribution in [0.5, 0.6) is 0 Å². The predicted octanol–water partition coefficient (Wildman–Crippen LogP) is 0.625. The van der Waals surface area contributed by atoms with E-state index in [4.69, 9.17) is 5.11 Å². The van der Waals surface area contributed by atoms with E-state index in [1.165, 1.54) is 5.57 Å². The van der Waals surface area contributed by atoms with Gasteiger partial charge in [-0.15, -0.1) is 0 Å². The minimum Gasteiger partial charge on any atom is -0.480 e. The molecule has 1 unspecified atom stereocenters. The molecule has 1 atom stereocenters. The van der Waals surface area contributed by atoms with E-state index in [0.29, 0.717) is 12.5 Å². The number of carboxylic acids is 1. The van der Waals surface area contributed by atoms with Crippen LogP contribution in [0, 0.1) is 5.92 Å². The number of aliphatic carboxylic acids is 1. The Bertz CT molecular complexity index is 196. The SMILES string of the molecule is CC(C)C1=CC(C(=O)O)NC1. The number of carbonyl (C=O) groups is 1. The molecule has 0 aromatic carbocycles. The number of hydrogen-bond donors (Lipinski definition) is 2. The maximum atomic E-state index is 10.5. The molecule has 0 spiro atoms. The molecule has 1 aliphatic rings. The summed E-state index contributed by atoms with van der Waals surface area (Å²) < 4.78 is 0. The molecular formula is C8H13NO2. The predicted molar refractivity (Wildman–Crippen MR) is 42.3 cm³/mol. The minimum absolute atomic E-state index is 0.451. The van der Waals surface area contributed by atoms with Crippen LogP contribution in [0.1, 0.15) is 13.8 Å². The Morgan fingerprint density at radius 1 is 1.82 bits per heavy atom. The van der Waals surface area contributed by atoms with Gasteiger partial charge in [-0.2, -0.15) is 0 Å². The van der Waals surface area contributed by atoms with Gasteiger partial charge < -0.3 is 5.11 Å². The average molecular weight is 155 g/mol. The smallest absolute Gasteiger partial charge is 0.324 e. The van der Waals surface area contributed by atoms with Crippen LogP contribution in [-0.2, 0) is 4.79 Å². The molecule has 0 aromatic rings. The first-order valence-corrected chi connectivity index (χ1v) is 3.78. The second kappa shape index (κ2) is 3.05. The largest absolute Gasteiger partial charge is 0.480 e. The topological polar surface area (TPSA) is 49.3 Å². The van der Waals surface area contributed by atoms with E-state index in [-0.39, 0.29) is 0 Å². The van der Waals surface area contributed by atoms with Crippen LogP contribution in [0.2, 0.25) is 0 Å². The molecule has 1 heterocycles. The number of carboxylic acid groups (broad SMARTS) is 1. The lowest BCUT2D eigenvalue weighted by atomic mass is 10.0. The lowest BCUT2D eigenvalue weighted by Crippen LogP contribution is -2.30. The zero-order valence-electron chi connectivity index (χ0n) is 6.79. The highest BCUT2D eigenvalue weighted by Crippen LogP contribution is 2.14. The van der Waals surface area contributed by atoms with Crippen molar-refractivity contribution < 1.29 is 9.90 Å². The summed E-state index contributed by atoms with van der Waals surface area (Å²) in [6.45, 7) is 4.85. The fourth-order valence-electron chi connectivity index (χ4n) is 1.11. The normalized spacial score (nSPS) is 23.9. The Morgan fingerprint density at radius 2 is 2.45 bits per heavy atom. The highest BCUT2D eigenvalue weighted by molar-refractivity contribution is 5.76. The summed E-state index contributed by atoms with van der Waals surface area (Å²) in [5.41, 5.74) is 1.19. The van der Waals surface area contributed by atoms with E-state index in [2.05, 4.69) is 19.2 Å². The van der Waals surface area contributed by atoms with Crippen LogP contribution in [-0.4, -0.2) is 23.7 Å². The number of rotatable bonds is 2. The van der Waals surface area contributed by atoms with Gasteiger partial charge in [0, 0.05) is 6.54 Å². The van der Waals surface area contributed by atoms with Crippen molar-refractivity contribution in [1.82, 2.24) is 5.32 Å². The monoisotopic (exact) mass is 155 g/mol. The van der Waals surface area contributed by atoms with Gasteiger partial charge in [-0.05, 0) is 5.92 Å². The van der Waals surface area contributed by atoms with Gasteiger partial charge in [-0.3, -0.25) is 10.1 Å². The zero-order valence-corrected chi connectivity index (χ0v) is 6.79. The van der Waals surface area contributed by atoms with Gasteiger partial charge in [0.2, 0.25) is 0 Å².